The molecule has 94 valence electrons. The van der Waals surface area contributed by atoms with Crippen LogP contribution in [0.3, 0.4) is 0 Å². The Hall–Kier alpha value is -1.75. The molecule has 4 nitrogen and oxygen atoms in total. The fourth-order valence-electron chi connectivity index (χ4n) is 1.56. The van der Waals surface area contributed by atoms with Gasteiger partial charge in [-0.25, -0.2) is 4.98 Å². The molecule has 18 heavy (non-hydrogen) atoms. The molecule has 0 aliphatic heterocycles. The third kappa shape index (κ3) is 3.13. The van der Waals surface area contributed by atoms with Crippen LogP contribution in [0.2, 0.25) is 0 Å². The van der Waals surface area contributed by atoms with Gasteiger partial charge >= 0.3 is 0 Å². The van der Waals surface area contributed by atoms with Crippen molar-refractivity contribution in [2.24, 2.45) is 0 Å². The number of anilines is 2. The zero-order valence-electron chi connectivity index (χ0n) is 9.98. The normalized spacial score (nSPS) is 10.1. The van der Waals surface area contributed by atoms with Gasteiger partial charge in [0.2, 0.25) is 5.88 Å². The molecule has 2 rings (SSSR count). The average Bonchev–Trinajstić information content (AvgIpc) is 2.38. The van der Waals surface area contributed by atoms with Crippen LogP contribution >= 0.6 is 15.9 Å². The van der Waals surface area contributed by atoms with E-state index in [1.54, 1.807) is 13.3 Å². The number of hydrogen-bond donors (Lipinski definition) is 2. The minimum Gasteiger partial charge on any atom is -0.481 e. The highest BCUT2D eigenvalue weighted by Crippen LogP contribution is 2.23. The van der Waals surface area contributed by atoms with Crippen molar-refractivity contribution >= 4 is 27.3 Å². The largest absolute Gasteiger partial charge is 0.481 e. The van der Waals surface area contributed by atoms with Crippen molar-refractivity contribution in [3.05, 3.63) is 46.6 Å². The summed E-state index contributed by atoms with van der Waals surface area (Å²) in [6.45, 7) is 0.671. The second kappa shape index (κ2) is 5.73. The summed E-state index contributed by atoms with van der Waals surface area (Å²) >= 11 is 3.38. The van der Waals surface area contributed by atoms with Crippen LogP contribution in [-0.2, 0) is 6.54 Å². The Morgan fingerprint density at radius 3 is 2.89 bits per heavy atom. The van der Waals surface area contributed by atoms with Crippen LogP contribution in [0.15, 0.2) is 41.0 Å². The van der Waals surface area contributed by atoms with Gasteiger partial charge in [-0.05, 0) is 29.8 Å². The standard InChI is InChI=1S/C13H14BrN3O/c1-18-13-6-9(4-5-16-13)8-17-12-3-2-10(14)7-11(12)15/h2-7,17H,8,15H2,1H3. The Morgan fingerprint density at radius 2 is 2.17 bits per heavy atom. The minimum absolute atomic E-state index is 0.609. The van der Waals surface area contributed by atoms with Gasteiger partial charge in [-0.3, -0.25) is 0 Å². The molecule has 0 atom stereocenters. The van der Waals surface area contributed by atoms with E-state index in [-0.39, 0.29) is 0 Å². The van der Waals surface area contributed by atoms with E-state index in [9.17, 15) is 0 Å². The first-order valence-electron chi connectivity index (χ1n) is 5.47. The molecule has 5 heteroatoms. The quantitative estimate of drug-likeness (QED) is 0.852. The van der Waals surface area contributed by atoms with E-state index in [4.69, 9.17) is 10.5 Å². The first kappa shape index (κ1) is 12.7. The zero-order chi connectivity index (χ0) is 13.0. The number of hydrogen-bond acceptors (Lipinski definition) is 4. The zero-order valence-corrected chi connectivity index (χ0v) is 11.6. The Balaban J connectivity index is 2.06. The number of halogens is 1. The monoisotopic (exact) mass is 307 g/mol. The van der Waals surface area contributed by atoms with Crippen LogP contribution in [0.5, 0.6) is 5.88 Å². The summed E-state index contributed by atoms with van der Waals surface area (Å²) in [6, 6.07) is 9.59. The van der Waals surface area contributed by atoms with E-state index in [0.29, 0.717) is 18.1 Å². The first-order valence-corrected chi connectivity index (χ1v) is 6.26. The molecular formula is C13H14BrN3O. The van der Waals surface area contributed by atoms with Gasteiger partial charge in [-0.2, -0.15) is 0 Å². The van der Waals surface area contributed by atoms with Crippen LogP contribution in [0.25, 0.3) is 0 Å². The predicted octanol–water partition coefficient (Wildman–Crippen LogP) is 3.05. The van der Waals surface area contributed by atoms with Crippen molar-refractivity contribution in [2.75, 3.05) is 18.2 Å². The summed E-state index contributed by atoms with van der Waals surface area (Å²) in [7, 11) is 1.60. The molecule has 1 aromatic heterocycles. The number of rotatable bonds is 4. The highest BCUT2D eigenvalue weighted by Gasteiger charge is 2.01. The van der Waals surface area contributed by atoms with Gasteiger partial charge < -0.3 is 15.8 Å². The van der Waals surface area contributed by atoms with Crippen molar-refractivity contribution in [1.29, 1.82) is 0 Å². The topological polar surface area (TPSA) is 60.2 Å². The maximum Gasteiger partial charge on any atom is 0.213 e. The van der Waals surface area contributed by atoms with E-state index >= 15 is 0 Å². The van der Waals surface area contributed by atoms with Crippen LogP contribution in [-0.4, -0.2) is 12.1 Å². The number of nitrogens with zero attached hydrogens (tertiary/aromatic N) is 1. The maximum atomic E-state index is 5.91. The van der Waals surface area contributed by atoms with Crippen LogP contribution < -0.4 is 15.8 Å². The van der Waals surface area contributed by atoms with Gasteiger partial charge in [0.25, 0.3) is 0 Å². The number of nitrogens with two attached hydrogens (primary N) is 1. The van der Waals surface area contributed by atoms with Crippen LogP contribution in [0.4, 0.5) is 11.4 Å². The number of nitrogens with one attached hydrogen (secondary N) is 1. The third-order valence-corrected chi connectivity index (χ3v) is 3.00. The van der Waals surface area contributed by atoms with E-state index in [0.717, 1.165) is 15.7 Å². The Kier molecular flexibility index (Phi) is 4.04. The fraction of sp³-hybridized carbons (Fsp3) is 0.154. The van der Waals surface area contributed by atoms with E-state index in [1.165, 1.54) is 0 Å². The lowest BCUT2D eigenvalue weighted by molar-refractivity contribution is 0.397. The maximum absolute atomic E-state index is 5.91. The van der Waals surface area contributed by atoms with Gasteiger partial charge in [0.05, 0.1) is 18.5 Å². The summed E-state index contributed by atoms with van der Waals surface area (Å²) in [5.74, 6) is 0.609. The molecular weight excluding hydrogens is 294 g/mol. The SMILES string of the molecule is COc1cc(CNc2ccc(Br)cc2N)ccn1. The summed E-state index contributed by atoms with van der Waals surface area (Å²) in [4.78, 5) is 4.06. The smallest absolute Gasteiger partial charge is 0.213 e. The highest BCUT2D eigenvalue weighted by atomic mass is 79.9. The molecule has 0 aliphatic carbocycles. The number of aromatic nitrogens is 1. The number of pyridine rings is 1. The van der Waals surface area contributed by atoms with Crippen molar-refractivity contribution in [3.63, 3.8) is 0 Å². The molecule has 0 spiro atoms. The Bertz CT molecular complexity index is 546. The highest BCUT2D eigenvalue weighted by molar-refractivity contribution is 9.10. The number of ether oxygens (including phenoxy) is 1. The fourth-order valence-corrected chi connectivity index (χ4v) is 1.94. The van der Waals surface area contributed by atoms with Crippen molar-refractivity contribution < 1.29 is 4.74 Å². The molecule has 0 saturated carbocycles. The second-order valence-electron chi connectivity index (χ2n) is 3.79. The minimum atomic E-state index is 0.609. The molecule has 1 aromatic carbocycles. The van der Waals surface area contributed by atoms with Crippen molar-refractivity contribution in [3.8, 4) is 5.88 Å². The summed E-state index contributed by atoms with van der Waals surface area (Å²) in [5.41, 5.74) is 8.62. The first-order chi connectivity index (χ1) is 8.69. The Morgan fingerprint density at radius 1 is 1.33 bits per heavy atom. The molecule has 0 unspecified atom stereocenters. The average molecular weight is 308 g/mol. The van der Waals surface area contributed by atoms with Crippen molar-refractivity contribution in [1.82, 2.24) is 4.98 Å². The van der Waals surface area contributed by atoms with Crippen LogP contribution in [0.1, 0.15) is 5.56 Å². The predicted molar refractivity (Wildman–Crippen MR) is 76.7 cm³/mol. The second-order valence-corrected chi connectivity index (χ2v) is 4.71. The number of benzene rings is 1. The van der Waals surface area contributed by atoms with Gasteiger partial charge in [0, 0.05) is 23.3 Å². The molecule has 1 heterocycles. The van der Waals surface area contributed by atoms with E-state index < -0.39 is 0 Å². The molecule has 0 amide bonds. The lowest BCUT2D eigenvalue weighted by Gasteiger charge is -2.10. The van der Waals surface area contributed by atoms with Gasteiger partial charge in [0.15, 0.2) is 0 Å². The summed E-state index contributed by atoms with van der Waals surface area (Å²) in [5, 5.41) is 3.28. The lowest BCUT2D eigenvalue weighted by Crippen LogP contribution is -2.03. The Labute approximate surface area is 114 Å². The molecule has 3 N–H and O–H groups in total. The van der Waals surface area contributed by atoms with Crippen molar-refractivity contribution in [2.45, 2.75) is 6.54 Å². The third-order valence-electron chi connectivity index (χ3n) is 2.50. The van der Waals surface area contributed by atoms with Crippen LogP contribution in [0, 0.1) is 0 Å². The van der Waals surface area contributed by atoms with Gasteiger partial charge in [-0.1, -0.05) is 15.9 Å². The van der Waals surface area contributed by atoms with Gasteiger partial charge in [0.1, 0.15) is 0 Å². The molecule has 0 aliphatic rings. The molecule has 0 fully saturated rings. The number of nitrogen functional groups attached to an aromatic ring is 1. The molecule has 2 aromatic rings. The molecule has 0 bridgehead atoms. The van der Waals surface area contributed by atoms with E-state index in [2.05, 4.69) is 26.2 Å². The summed E-state index contributed by atoms with van der Waals surface area (Å²) < 4.78 is 6.05. The number of methoxy groups -OCH3 is 1. The van der Waals surface area contributed by atoms with Gasteiger partial charge in [-0.15, -0.1) is 0 Å². The summed E-state index contributed by atoms with van der Waals surface area (Å²) in [6.07, 6.45) is 1.72. The van der Waals surface area contributed by atoms with E-state index in [1.807, 2.05) is 30.3 Å². The molecule has 0 radical (unpaired) electrons. The lowest BCUT2D eigenvalue weighted by atomic mass is 10.2. The molecule has 0 saturated heterocycles.